The summed E-state index contributed by atoms with van der Waals surface area (Å²) in [5.41, 5.74) is 2.58. The fourth-order valence-electron chi connectivity index (χ4n) is 2.32. The Balaban J connectivity index is 0.00000261. The van der Waals surface area contributed by atoms with Crippen molar-refractivity contribution in [2.75, 3.05) is 5.32 Å². The number of fused-ring (bicyclic) bond motifs is 1. The van der Waals surface area contributed by atoms with Gasteiger partial charge < -0.3 is 25.0 Å². The van der Waals surface area contributed by atoms with Crippen molar-refractivity contribution in [1.82, 2.24) is 10.3 Å². The summed E-state index contributed by atoms with van der Waals surface area (Å²) >= 11 is 0. The van der Waals surface area contributed by atoms with Gasteiger partial charge in [-0.05, 0) is 49.7 Å². The van der Waals surface area contributed by atoms with E-state index < -0.39 is 23.9 Å². The Kier molecular flexibility index (Phi) is 7.12. The number of benzene rings is 2. The van der Waals surface area contributed by atoms with Gasteiger partial charge in [0.2, 0.25) is 5.89 Å². The van der Waals surface area contributed by atoms with Gasteiger partial charge in [0.1, 0.15) is 11.3 Å². The first-order chi connectivity index (χ1) is 12.3. The van der Waals surface area contributed by atoms with Crippen LogP contribution in [0.2, 0.25) is 0 Å². The molecule has 0 radical (unpaired) electrons. The Morgan fingerprint density at radius 3 is 2.63 bits per heavy atom. The summed E-state index contributed by atoms with van der Waals surface area (Å²) in [6.07, 6.45) is 0. The third-order valence-corrected chi connectivity index (χ3v) is 3.71. The minimum atomic E-state index is -1.44. The van der Waals surface area contributed by atoms with Crippen LogP contribution in [0.1, 0.15) is 12.5 Å². The van der Waals surface area contributed by atoms with Gasteiger partial charge >= 0.3 is 57.4 Å². The molecule has 2 amide bonds. The average molecular weight is 395 g/mol. The molecule has 0 spiro atoms. The molecule has 9 heteroatoms. The summed E-state index contributed by atoms with van der Waals surface area (Å²) in [6, 6.07) is 7.53. The molecule has 0 aliphatic rings. The number of aryl methyl sites for hydroxylation is 1. The van der Waals surface area contributed by atoms with Crippen molar-refractivity contribution in [3.8, 4) is 11.5 Å². The number of carboxylic acids is 1. The molecule has 134 valence electrons. The number of halogens is 1. The molecule has 3 aromatic rings. The van der Waals surface area contributed by atoms with E-state index in [1.165, 1.54) is 19.1 Å². The van der Waals surface area contributed by atoms with Crippen LogP contribution in [-0.2, 0) is 4.79 Å². The number of carbonyl (C=O) groups is 2. The van der Waals surface area contributed by atoms with Crippen LogP contribution < -0.4 is 67.1 Å². The van der Waals surface area contributed by atoms with E-state index in [2.05, 4.69) is 15.6 Å². The van der Waals surface area contributed by atoms with Crippen LogP contribution in [0.25, 0.3) is 22.6 Å². The van der Waals surface area contributed by atoms with Crippen molar-refractivity contribution in [3.05, 3.63) is 47.8 Å². The zero-order valence-electron chi connectivity index (χ0n) is 15.0. The van der Waals surface area contributed by atoms with Gasteiger partial charge in [-0.3, -0.25) is 0 Å². The van der Waals surface area contributed by atoms with Gasteiger partial charge in [0.25, 0.3) is 0 Å². The Morgan fingerprint density at radius 1 is 1.22 bits per heavy atom. The molecule has 1 aromatic heterocycles. The van der Waals surface area contributed by atoms with Gasteiger partial charge in [-0.1, -0.05) is 6.07 Å². The fraction of sp³-hybridized carbons (Fsp3) is 0.167. The Bertz CT molecular complexity index is 1010. The Morgan fingerprint density at radius 2 is 1.96 bits per heavy atom. The maximum atomic E-state index is 14.3. The normalized spacial score (nSPS) is 11.5. The van der Waals surface area contributed by atoms with Crippen molar-refractivity contribution in [2.24, 2.45) is 0 Å². The SMILES string of the molecule is Cc1ccc2oc(-c3ccc(NC(=O)N[C@H](C)C(=O)[O-])c(F)c3)nc2c1.[K+]. The zero-order valence-corrected chi connectivity index (χ0v) is 18.1. The smallest absolute Gasteiger partial charge is 0.548 e. The molecule has 7 nitrogen and oxygen atoms in total. The van der Waals surface area contributed by atoms with E-state index in [1.54, 1.807) is 12.1 Å². The molecule has 1 heterocycles. The van der Waals surface area contributed by atoms with Gasteiger partial charge in [-0.2, -0.15) is 0 Å². The quantitative estimate of drug-likeness (QED) is 0.563. The number of nitrogens with zero attached hydrogens (tertiary/aromatic N) is 1. The standard InChI is InChI=1S/C18H16FN3O4.K/c1-9-3-6-15-14(7-9)21-16(26-15)11-4-5-13(12(19)8-11)22-18(25)20-10(2)17(23)24;/h3-8,10H,1-2H3,(H,23,24)(H2,20,22,25);/q;+1/p-1/t10-;/m1./s1. The molecule has 0 unspecified atom stereocenters. The first-order valence-corrected chi connectivity index (χ1v) is 7.79. The number of carboxylic acid groups (broad SMARTS) is 1. The van der Waals surface area contributed by atoms with Crippen LogP contribution in [0.4, 0.5) is 14.9 Å². The summed E-state index contributed by atoms with van der Waals surface area (Å²) in [4.78, 5) is 26.6. The number of hydrogen-bond acceptors (Lipinski definition) is 5. The molecular formula is C18H15FKN3O4. The molecule has 0 saturated heterocycles. The number of aromatic nitrogens is 1. The maximum Gasteiger partial charge on any atom is 1.00 e. The predicted octanol–water partition coefficient (Wildman–Crippen LogP) is -0.794. The number of oxazole rings is 1. The van der Waals surface area contributed by atoms with Crippen LogP contribution in [0.3, 0.4) is 0 Å². The van der Waals surface area contributed by atoms with Gasteiger partial charge in [0.15, 0.2) is 5.58 Å². The molecule has 0 bridgehead atoms. The van der Waals surface area contributed by atoms with E-state index in [1.807, 2.05) is 19.1 Å². The van der Waals surface area contributed by atoms with Gasteiger partial charge in [-0.15, -0.1) is 0 Å². The van der Waals surface area contributed by atoms with Crippen molar-refractivity contribution >= 4 is 28.8 Å². The number of anilines is 1. The van der Waals surface area contributed by atoms with Gasteiger partial charge in [0.05, 0.1) is 17.7 Å². The maximum absolute atomic E-state index is 14.3. The fourth-order valence-corrected chi connectivity index (χ4v) is 2.32. The Labute approximate surface area is 196 Å². The third-order valence-electron chi connectivity index (χ3n) is 3.71. The van der Waals surface area contributed by atoms with Crippen LogP contribution in [0, 0.1) is 12.7 Å². The molecule has 2 N–H and O–H groups in total. The van der Waals surface area contributed by atoms with Gasteiger partial charge in [-0.25, -0.2) is 14.2 Å². The van der Waals surface area contributed by atoms with Crippen molar-refractivity contribution in [1.29, 1.82) is 0 Å². The zero-order chi connectivity index (χ0) is 18.8. The molecule has 0 aliphatic carbocycles. The first-order valence-electron chi connectivity index (χ1n) is 7.79. The number of rotatable bonds is 4. The van der Waals surface area contributed by atoms with Crippen LogP contribution in [0.15, 0.2) is 40.8 Å². The molecule has 2 aromatic carbocycles. The second kappa shape index (κ2) is 8.94. The number of carbonyl (C=O) groups excluding carboxylic acids is 2. The second-order valence-electron chi connectivity index (χ2n) is 5.82. The number of aliphatic carboxylic acids is 1. The number of hydrogen-bond donors (Lipinski definition) is 2. The van der Waals surface area contributed by atoms with E-state index in [4.69, 9.17) is 4.42 Å². The summed E-state index contributed by atoms with van der Waals surface area (Å²) in [6.45, 7) is 3.17. The topological polar surface area (TPSA) is 107 Å². The Hall–Kier alpha value is -1.78. The molecule has 0 fully saturated rings. The summed E-state index contributed by atoms with van der Waals surface area (Å²) in [5.74, 6) is -1.90. The molecule has 3 rings (SSSR count). The first kappa shape index (κ1) is 21.5. The van der Waals surface area contributed by atoms with E-state index in [9.17, 15) is 19.1 Å². The van der Waals surface area contributed by atoms with Crippen LogP contribution in [-0.4, -0.2) is 23.0 Å². The minimum absolute atomic E-state index is 0. The second-order valence-corrected chi connectivity index (χ2v) is 5.82. The summed E-state index contributed by atoms with van der Waals surface area (Å²) in [7, 11) is 0. The summed E-state index contributed by atoms with van der Waals surface area (Å²) < 4.78 is 19.9. The molecule has 1 atom stereocenters. The monoisotopic (exact) mass is 395 g/mol. The molecule has 27 heavy (non-hydrogen) atoms. The van der Waals surface area contributed by atoms with Crippen molar-refractivity contribution in [3.63, 3.8) is 0 Å². The number of nitrogens with one attached hydrogen (secondary N) is 2. The largest absolute Gasteiger partial charge is 1.00 e. The number of amides is 2. The van der Waals surface area contributed by atoms with Crippen molar-refractivity contribution in [2.45, 2.75) is 19.9 Å². The van der Waals surface area contributed by atoms with Gasteiger partial charge in [0, 0.05) is 5.56 Å². The summed E-state index contributed by atoms with van der Waals surface area (Å²) in [5, 5.41) is 15.0. The van der Waals surface area contributed by atoms with E-state index >= 15 is 0 Å². The van der Waals surface area contributed by atoms with Crippen LogP contribution in [0.5, 0.6) is 0 Å². The van der Waals surface area contributed by atoms with E-state index in [0.29, 0.717) is 16.7 Å². The third kappa shape index (κ3) is 5.14. The molecular weight excluding hydrogens is 380 g/mol. The van der Waals surface area contributed by atoms with Crippen molar-refractivity contribution < 1.29 is 74.9 Å². The average Bonchev–Trinajstić information content (AvgIpc) is 2.99. The van der Waals surface area contributed by atoms with Crippen LogP contribution >= 0.6 is 0 Å². The minimum Gasteiger partial charge on any atom is -0.548 e. The van der Waals surface area contributed by atoms with E-state index in [-0.39, 0.29) is 63.0 Å². The van der Waals surface area contributed by atoms with E-state index in [0.717, 1.165) is 5.56 Å². The molecule has 0 aliphatic heterocycles. The molecule has 0 saturated carbocycles. The number of urea groups is 1. The predicted molar refractivity (Wildman–Crippen MR) is 90.8 cm³/mol.